The van der Waals surface area contributed by atoms with Crippen molar-refractivity contribution in [2.45, 2.75) is 341 Å². The summed E-state index contributed by atoms with van der Waals surface area (Å²) in [7, 11) is -9.97. The highest BCUT2D eigenvalue weighted by molar-refractivity contribution is 7.47. The Balaban J connectivity index is 5.40. The van der Waals surface area contributed by atoms with Gasteiger partial charge in [0.15, 0.2) is 12.2 Å². The molecule has 102 heavy (non-hydrogen) atoms. The smallest absolute Gasteiger partial charge is 0.462 e. The fraction of sp³-hybridized carbons (Fsp3) is 0.711. The van der Waals surface area contributed by atoms with Crippen LogP contribution in [0.3, 0.4) is 0 Å². The minimum Gasteiger partial charge on any atom is -0.462 e. The van der Waals surface area contributed by atoms with E-state index in [1.165, 1.54) is 38.5 Å². The largest absolute Gasteiger partial charge is 0.472 e. The Bertz CT molecular complexity index is 2410. The number of esters is 4. The molecule has 0 rings (SSSR count). The minimum absolute atomic E-state index is 0.0706. The summed E-state index contributed by atoms with van der Waals surface area (Å²) in [6, 6.07) is 0. The molecule has 3 N–H and O–H groups in total. The van der Waals surface area contributed by atoms with Gasteiger partial charge in [-0.15, -0.1) is 0 Å². The average molecular weight is 1470 g/mol. The van der Waals surface area contributed by atoms with Crippen LogP contribution in [0.25, 0.3) is 0 Å². The first-order valence-corrected chi connectivity index (χ1v) is 42.8. The number of ether oxygens (including phenoxy) is 4. The third kappa shape index (κ3) is 73.8. The zero-order valence-electron chi connectivity index (χ0n) is 64.0. The minimum atomic E-state index is -4.99. The second kappa shape index (κ2) is 74.7. The molecule has 0 aromatic rings. The number of phosphoric acid groups is 2. The van der Waals surface area contributed by atoms with Crippen molar-refractivity contribution in [3.63, 3.8) is 0 Å². The Kier molecular flexibility index (Phi) is 71.4. The predicted molar refractivity (Wildman–Crippen MR) is 418 cm³/mol. The average Bonchev–Trinajstić information content (AvgIpc) is 0.923. The summed E-state index contributed by atoms with van der Waals surface area (Å²) in [5.41, 5.74) is 0. The van der Waals surface area contributed by atoms with Crippen LogP contribution in [0.2, 0.25) is 0 Å². The van der Waals surface area contributed by atoms with Crippen molar-refractivity contribution in [2.24, 2.45) is 0 Å². The van der Waals surface area contributed by atoms with Crippen LogP contribution in [0, 0.1) is 0 Å². The Hall–Kier alpha value is -4.54. The number of hydrogen-bond donors (Lipinski definition) is 3. The van der Waals surface area contributed by atoms with Crippen molar-refractivity contribution in [3.05, 3.63) is 122 Å². The van der Waals surface area contributed by atoms with Gasteiger partial charge in [-0.1, -0.05) is 265 Å². The van der Waals surface area contributed by atoms with Crippen molar-refractivity contribution >= 4 is 39.5 Å². The van der Waals surface area contributed by atoms with Gasteiger partial charge in [0.1, 0.15) is 19.3 Å². The van der Waals surface area contributed by atoms with Gasteiger partial charge in [-0.05, 0) is 154 Å². The number of unbranched alkanes of at least 4 members (excludes halogenated alkanes) is 28. The van der Waals surface area contributed by atoms with E-state index in [2.05, 4.69) is 149 Å². The summed E-state index contributed by atoms with van der Waals surface area (Å²) in [5.74, 6) is -2.23. The van der Waals surface area contributed by atoms with Crippen molar-refractivity contribution < 1.29 is 80.2 Å². The van der Waals surface area contributed by atoms with E-state index in [1.54, 1.807) is 0 Å². The zero-order valence-corrected chi connectivity index (χ0v) is 65.8. The molecule has 0 fully saturated rings. The molecular weight excluding hydrogens is 1330 g/mol. The second-order valence-corrected chi connectivity index (χ2v) is 29.1. The number of allylic oxidation sites excluding steroid dienone is 20. The molecule has 0 bridgehead atoms. The summed E-state index contributed by atoms with van der Waals surface area (Å²) in [6.45, 7) is 4.56. The van der Waals surface area contributed by atoms with Crippen LogP contribution >= 0.6 is 15.6 Å². The van der Waals surface area contributed by atoms with E-state index in [0.717, 1.165) is 205 Å². The molecule has 5 atom stereocenters. The van der Waals surface area contributed by atoms with Crippen molar-refractivity contribution in [2.75, 3.05) is 39.6 Å². The van der Waals surface area contributed by atoms with Gasteiger partial charge < -0.3 is 33.8 Å². The van der Waals surface area contributed by atoms with Crippen LogP contribution < -0.4 is 0 Å². The molecule has 0 aromatic heterocycles. The normalized spacial score (nSPS) is 14.5. The van der Waals surface area contributed by atoms with E-state index in [1.807, 2.05) is 0 Å². The van der Waals surface area contributed by atoms with Crippen LogP contribution in [0.15, 0.2) is 122 Å². The number of aliphatic hydroxyl groups excluding tert-OH is 1. The Morgan fingerprint density at radius 3 is 0.784 bits per heavy atom. The van der Waals surface area contributed by atoms with Crippen molar-refractivity contribution in [1.29, 1.82) is 0 Å². The number of hydrogen-bond acceptors (Lipinski definition) is 15. The first-order valence-electron chi connectivity index (χ1n) is 39.8. The first-order chi connectivity index (χ1) is 49.7. The quantitative estimate of drug-likeness (QED) is 0.0169. The summed E-state index contributed by atoms with van der Waals surface area (Å²) in [5, 5.41) is 10.6. The molecule has 0 aliphatic heterocycles. The maximum Gasteiger partial charge on any atom is 0.472 e. The van der Waals surface area contributed by atoms with Gasteiger partial charge in [-0.3, -0.25) is 37.3 Å². The highest BCUT2D eigenvalue weighted by Gasteiger charge is 2.30. The van der Waals surface area contributed by atoms with Gasteiger partial charge in [-0.25, -0.2) is 9.13 Å². The Morgan fingerprint density at radius 1 is 0.284 bits per heavy atom. The van der Waals surface area contributed by atoms with Gasteiger partial charge in [0.05, 0.1) is 26.4 Å². The number of aliphatic hydroxyl groups is 1. The number of carbonyl (C=O) groups is 4. The van der Waals surface area contributed by atoms with Crippen LogP contribution in [-0.2, 0) is 65.4 Å². The Labute approximate surface area is 619 Å². The molecule has 0 saturated carbocycles. The van der Waals surface area contributed by atoms with Crippen LogP contribution in [0.1, 0.15) is 323 Å². The lowest BCUT2D eigenvalue weighted by Crippen LogP contribution is -2.30. The molecular formula is C83H142O17P2. The third-order valence-corrected chi connectivity index (χ3v) is 18.3. The topological polar surface area (TPSA) is 237 Å². The number of carbonyl (C=O) groups excluding carboxylic acids is 4. The molecule has 0 aliphatic rings. The molecule has 0 radical (unpaired) electrons. The molecule has 19 heteroatoms. The maximum absolute atomic E-state index is 13.1. The molecule has 5 unspecified atom stereocenters. The van der Waals surface area contributed by atoms with Crippen LogP contribution in [-0.4, -0.2) is 96.7 Å². The molecule has 0 aromatic carbocycles. The van der Waals surface area contributed by atoms with Crippen LogP contribution in [0.4, 0.5) is 0 Å². The summed E-state index contributed by atoms with van der Waals surface area (Å²) < 4.78 is 68.6. The van der Waals surface area contributed by atoms with Gasteiger partial charge in [0.25, 0.3) is 0 Å². The molecule has 0 amide bonds. The monoisotopic (exact) mass is 1470 g/mol. The maximum atomic E-state index is 13.1. The molecule has 0 aliphatic carbocycles. The van der Waals surface area contributed by atoms with E-state index < -0.39 is 97.5 Å². The standard InChI is InChI=1S/C83H142O17P2/c1-5-9-13-17-21-25-29-33-37-38-42-44-48-52-56-60-64-68-81(86)94-74-79(100-83(88)70-66-62-58-54-50-46-41-36-32-28-24-20-16-12-8-4)76-98-102(91,92)96-72-77(84)71-95-101(89,90)97-75-78(99-82(87)69-65-61-57-53-49-45-40-35-31-27-23-19-15-11-7-3)73-93-80(85)67-63-59-55-51-47-43-39-34-30-26-22-18-14-10-6-2/h9,12-13,16,21-28,33-37,39-41,77-79,84H,5-8,10-11,14-15,17-20,29-32,38,42-76H2,1-4H3,(H,89,90)(H,91,92)/b13-9-,16-12-,25-21-,26-22-,27-23-,28-24-,37-33-,39-34-,40-35-,41-36-. The molecule has 0 heterocycles. The van der Waals surface area contributed by atoms with E-state index in [4.69, 9.17) is 37.0 Å². The highest BCUT2D eigenvalue weighted by Crippen LogP contribution is 2.45. The SMILES string of the molecule is CC/C=C\C/C=C\C/C=C\CCCCCCCCCC(=O)OCC(COP(=O)(O)OCC(O)COP(=O)(O)OCC(COC(=O)CCCCCCC/C=C\C/C=C\CCCCC)OC(=O)CCCCCCC/C=C\C/C=C\CCCCC)OC(=O)CCCCCCC/C=C\C/C=C\C/C=C\CC. The first kappa shape index (κ1) is 97.5. The number of phosphoric ester groups is 2. The molecule has 586 valence electrons. The fourth-order valence-corrected chi connectivity index (χ4v) is 11.9. The van der Waals surface area contributed by atoms with Gasteiger partial charge in [-0.2, -0.15) is 0 Å². The van der Waals surface area contributed by atoms with E-state index in [9.17, 15) is 43.2 Å². The van der Waals surface area contributed by atoms with Crippen LogP contribution in [0.5, 0.6) is 0 Å². The lowest BCUT2D eigenvalue weighted by atomic mass is 10.1. The third-order valence-electron chi connectivity index (χ3n) is 16.4. The molecule has 0 saturated heterocycles. The van der Waals surface area contributed by atoms with Gasteiger partial charge in [0, 0.05) is 25.7 Å². The molecule has 17 nitrogen and oxygen atoms in total. The van der Waals surface area contributed by atoms with E-state index in [0.29, 0.717) is 25.7 Å². The molecule has 0 spiro atoms. The predicted octanol–water partition coefficient (Wildman–Crippen LogP) is 23.1. The van der Waals surface area contributed by atoms with Gasteiger partial charge >= 0.3 is 39.5 Å². The fourth-order valence-electron chi connectivity index (χ4n) is 10.4. The second-order valence-electron chi connectivity index (χ2n) is 26.2. The Morgan fingerprint density at radius 2 is 0.510 bits per heavy atom. The van der Waals surface area contributed by atoms with Crippen molar-refractivity contribution in [1.82, 2.24) is 0 Å². The lowest BCUT2D eigenvalue weighted by molar-refractivity contribution is -0.161. The highest BCUT2D eigenvalue weighted by atomic mass is 31.2. The van der Waals surface area contributed by atoms with E-state index >= 15 is 0 Å². The number of rotatable bonds is 74. The lowest BCUT2D eigenvalue weighted by Gasteiger charge is -2.21. The zero-order chi connectivity index (χ0) is 74.6. The summed E-state index contributed by atoms with van der Waals surface area (Å²) >= 11 is 0. The summed E-state index contributed by atoms with van der Waals surface area (Å²) in [6.07, 6.45) is 81.7. The van der Waals surface area contributed by atoms with Crippen molar-refractivity contribution in [3.8, 4) is 0 Å². The van der Waals surface area contributed by atoms with Gasteiger partial charge in [0.2, 0.25) is 0 Å². The van der Waals surface area contributed by atoms with E-state index in [-0.39, 0.29) is 25.7 Å². The summed E-state index contributed by atoms with van der Waals surface area (Å²) in [4.78, 5) is 73.0.